The third-order valence-corrected chi connectivity index (χ3v) is 2.90. The van der Waals surface area contributed by atoms with E-state index in [1.165, 1.54) is 12.1 Å². The number of benzene rings is 1. The summed E-state index contributed by atoms with van der Waals surface area (Å²) in [5.41, 5.74) is -1.89. The number of esters is 1. The van der Waals surface area contributed by atoms with Gasteiger partial charge < -0.3 is 4.74 Å². The van der Waals surface area contributed by atoms with Crippen molar-refractivity contribution in [2.45, 2.75) is 19.4 Å². The number of ether oxygens (including phenoxy) is 1. The number of Topliss-reactive ketones (excluding diaryl/α,β-unsaturated/α-hetero) is 1. The number of hydrogen-bond donors (Lipinski definition) is 1. The zero-order chi connectivity index (χ0) is 13.5. The topological polar surface area (TPSA) is 83.9 Å². The molecule has 1 atom stereocenters. The van der Waals surface area contributed by atoms with Crippen molar-refractivity contribution in [3.63, 3.8) is 0 Å². The van der Waals surface area contributed by atoms with E-state index in [-0.39, 0.29) is 16.4 Å². The average molecular weight is 249 g/mol. The molecule has 0 radical (unpaired) electrons. The van der Waals surface area contributed by atoms with Crippen molar-refractivity contribution in [3.8, 4) is 5.75 Å². The lowest BCUT2D eigenvalue weighted by Gasteiger charge is -2.35. The van der Waals surface area contributed by atoms with E-state index in [9.17, 15) is 19.6 Å². The lowest BCUT2D eigenvalue weighted by molar-refractivity contribution is -0.192. The van der Waals surface area contributed by atoms with Gasteiger partial charge in [0.05, 0.1) is 5.56 Å². The molecular formula is C12H11NO5. The number of carbonyl (C=O) groups is 3. The van der Waals surface area contributed by atoms with Crippen molar-refractivity contribution < 1.29 is 24.3 Å². The third-order valence-electron chi connectivity index (χ3n) is 2.90. The van der Waals surface area contributed by atoms with Crippen LogP contribution in [0.15, 0.2) is 24.3 Å². The molecule has 1 unspecified atom stereocenters. The van der Waals surface area contributed by atoms with Gasteiger partial charge in [-0.15, -0.1) is 0 Å². The predicted molar refractivity (Wildman–Crippen MR) is 59.1 cm³/mol. The van der Waals surface area contributed by atoms with Gasteiger partial charge in [-0.25, -0.2) is 4.79 Å². The molecule has 1 heterocycles. The monoisotopic (exact) mass is 249 g/mol. The van der Waals surface area contributed by atoms with Crippen LogP contribution in [0.25, 0.3) is 0 Å². The van der Waals surface area contributed by atoms with Gasteiger partial charge in [-0.05, 0) is 19.1 Å². The molecule has 1 aromatic rings. The molecule has 6 heteroatoms. The van der Waals surface area contributed by atoms with Crippen molar-refractivity contribution in [1.82, 2.24) is 5.06 Å². The number of hydrogen-bond acceptors (Lipinski definition) is 5. The fourth-order valence-corrected chi connectivity index (χ4v) is 1.79. The Morgan fingerprint density at radius 3 is 2.56 bits per heavy atom. The molecular weight excluding hydrogens is 238 g/mol. The zero-order valence-corrected chi connectivity index (χ0v) is 9.84. The molecule has 1 aliphatic rings. The van der Waals surface area contributed by atoms with E-state index < -0.39 is 23.2 Å². The Kier molecular flexibility index (Phi) is 2.67. The second-order valence-corrected chi connectivity index (χ2v) is 4.12. The molecule has 0 aromatic heterocycles. The maximum absolute atomic E-state index is 12.2. The Hall–Kier alpha value is -2.21. The van der Waals surface area contributed by atoms with Gasteiger partial charge >= 0.3 is 5.97 Å². The van der Waals surface area contributed by atoms with Crippen LogP contribution in [0.4, 0.5) is 0 Å². The second-order valence-electron chi connectivity index (χ2n) is 4.12. The molecule has 0 saturated carbocycles. The molecule has 0 bridgehead atoms. The van der Waals surface area contributed by atoms with Gasteiger partial charge in [-0.2, -0.15) is 5.06 Å². The zero-order valence-electron chi connectivity index (χ0n) is 9.84. The van der Waals surface area contributed by atoms with Crippen LogP contribution in [0.5, 0.6) is 5.75 Å². The molecule has 0 saturated heterocycles. The van der Waals surface area contributed by atoms with Crippen LogP contribution in [0, 0.1) is 0 Å². The fourth-order valence-electron chi connectivity index (χ4n) is 1.79. The Labute approximate surface area is 103 Å². The van der Waals surface area contributed by atoms with Crippen molar-refractivity contribution in [1.29, 1.82) is 0 Å². The predicted octanol–water partition coefficient (Wildman–Crippen LogP) is 0.785. The number of carbonyl (C=O) groups excluding carboxylic acids is 3. The SMILES string of the molecule is CC(=O)N(O)C1(C)C(=O)Oc2ccccc2C1=O. The highest BCUT2D eigenvalue weighted by Gasteiger charge is 2.53. The molecule has 0 fully saturated rings. The maximum atomic E-state index is 12.2. The minimum Gasteiger partial charge on any atom is -0.424 e. The molecule has 1 amide bonds. The van der Waals surface area contributed by atoms with Crippen LogP contribution < -0.4 is 4.74 Å². The Morgan fingerprint density at radius 1 is 1.33 bits per heavy atom. The standard InChI is InChI=1S/C12H11NO5/c1-7(14)13(17)12(2)10(15)8-5-3-4-6-9(8)18-11(12)16/h3-6,17H,1-2H3. The summed E-state index contributed by atoms with van der Waals surface area (Å²) in [5.74, 6) is -2.35. The van der Waals surface area contributed by atoms with E-state index in [1.807, 2.05) is 0 Å². The van der Waals surface area contributed by atoms with Crippen molar-refractivity contribution in [2.24, 2.45) is 0 Å². The largest absolute Gasteiger partial charge is 0.424 e. The molecule has 2 rings (SSSR count). The number of hydroxylamine groups is 2. The molecule has 94 valence electrons. The fraction of sp³-hybridized carbons (Fsp3) is 0.250. The summed E-state index contributed by atoms with van der Waals surface area (Å²) >= 11 is 0. The summed E-state index contributed by atoms with van der Waals surface area (Å²) in [6, 6.07) is 6.16. The number of para-hydroxylation sites is 1. The van der Waals surface area contributed by atoms with E-state index in [0.717, 1.165) is 13.8 Å². The number of amides is 1. The smallest absolute Gasteiger partial charge is 0.347 e. The molecule has 0 spiro atoms. The maximum Gasteiger partial charge on any atom is 0.347 e. The van der Waals surface area contributed by atoms with Gasteiger partial charge in [-0.1, -0.05) is 12.1 Å². The van der Waals surface area contributed by atoms with Gasteiger partial charge in [0.1, 0.15) is 5.75 Å². The van der Waals surface area contributed by atoms with Crippen LogP contribution in [0.1, 0.15) is 24.2 Å². The lowest BCUT2D eigenvalue weighted by Crippen LogP contribution is -2.61. The van der Waals surface area contributed by atoms with Crippen LogP contribution in [-0.4, -0.2) is 33.5 Å². The summed E-state index contributed by atoms with van der Waals surface area (Å²) in [4.78, 5) is 35.2. The third kappa shape index (κ3) is 1.50. The van der Waals surface area contributed by atoms with Crippen molar-refractivity contribution in [3.05, 3.63) is 29.8 Å². The quantitative estimate of drug-likeness (QED) is 0.261. The molecule has 1 aliphatic heterocycles. The number of nitrogens with zero attached hydrogens (tertiary/aromatic N) is 1. The number of ketones is 1. The van der Waals surface area contributed by atoms with Gasteiger partial charge in [0, 0.05) is 6.92 Å². The van der Waals surface area contributed by atoms with Crippen molar-refractivity contribution >= 4 is 17.7 Å². The summed E-state index contributed by atoms with van der Waals surface area (Å²) in [6.45, 7) is 2.20. The van der Waals surface area contributed by atoms with E-state index in [2.05, 4.69) is 0 Å². The minimum atomic E-state index is -2.04. The first-order valence-electron chi connectivity index (χ1n) is 5.25. The first-order valence-corrected chi connectivity index (χ1v) is 5.25. The van der Waals surface area contributed by atoms with Gasteiger partial charge in [-0.3, -0.25) is 14.8 Å². The van der Waals surface area contributed by atoms with Crippen LogP contribution in [-0.2, 0) is 9.59 Å². The Morgan fingerprint density at radius 2 is 1.94 bits per heavy atom. The first-order chi connectivity index (χ1) is 8.39. The number of fused-ring (bicyclic) bond motifs is 1. The first kappa shape index (κ1) is 12.3. The lowest BCUT2D eigenvalue weighted by atomic mass is 9.88. The van der Waals surface area contributed by atoms with Crippen LogP contribution in [0.2, 0.25) is 0 Å². The molecule has 0 aliphatic carbocycles. The highest BCUT2D eigenvalue weighted by molar-refractivity contribution is 6.21. The van der Waals surface area contributed by atoms with E-state index in [4.69, 9.17) is 4.74 Å². The van der Waals surface area contributed by atoms with E-state index >= 15 is 0 Å². The van der Waals surface area contributed by atoms with Gasteiger partial charge in [0.15, 0.2) is 0 Å². The molecule has 18 heavy (non-hydrogen) atoms. The van der Waals surface area contributed by atoms with E-state index in [1.54, 1.807) is 12.1 Å². The summed E-state index contributed by atoms with van der Waals surface area (Å²) < 4.78 is 4.98. The minimum absolute atomic E-state index is 0.105. The molecule has 6 nitrogen and oxygen atoms in total. The normalized spacial score (nSPS) is 22.2. The average Bonchev–Trinajstić information content (AvgIpc) is 2.35. The summed E-state index contributed by atoms with van der Waals surface area (Å²) in [7, 11) is 0. The highest BCUT2D eigenvalue weighted by Crippen LogP contribution is 2.32. The Balaban J connectivity index is 2.56. The molecule has 1 aromatic carbocycles. The van der Waals surface area contributed by atoms with Gasteiger partial charge in [0.25, 0.3) is 0 Å². The summed E-state index contributed by atoms with van der Waals surface area (Å²) in [5, 5.41) is 9.74. The molecule has 1 N–H and O–H groups in total. The highest BCUT2D eigenvalue weighted by atomic mass is 16.6. The number of rotatable bonds is 1. The second kappa shape index (κ2) is 3.92. The summed E-state index contributed by atoms with van der Waals surface area (Å²) in [6.07, 6.45) is 0. The van der Waals surface area contributed by atoms with Gasteiger partial charge in [0.2, 0.25) is 17.2 Å². The van der Waals surface area contributed by atoms with E-state index in [0.29, 0.717) is 0 Å². The van der Waals surface area contributed by atoms with Crippen LogP contribution >= 0.6 is 0 Å². The van der Waals surface area contributed by atoms with Crippen LogP contribution in [0.3, 0.4) is 0 Å². The van der Waals surface area contributed by atoms with Crippen molar-refractivity contribution in [2.75, 3.05) is 0 Å². The Bertz CT molecular complexity index is 553.